The van der Waals surface area contributed by atoms with Gasteiger partial charge in [0.15, 0.2) is 0 Å². The van der Waals surface area contributed by atoms with Crippen molar-refractivity contribution in [3.63, 3.8) is 0 Å². The molecule has 0 spiro atoms. The van der Waals surface area contributed by atoms with E-state index in [0.29, 0.717) is 6.61 Å². The Kier molecular flexibility index (Phi) is 7.20. The van der Waals surface area contributed by atoms with E-state index in [4.69, 9.17) is 4.74 Å². The molecule has 0 unspecified atom stereocenters. The Balaban J connectivity index is 2.53. The highest BCUT2D eigenvalue weighted by Gasteiger charge is 2.32. The fourth-order valence-electron chi connectivity index (χ4n) is 1.58. The molecule has 1 aromatic carbocycles. The Labute approximate surface area is 130 Å². The summed E-state index contributed by atoms with van der Waals surface area (Å²) in [6, 6.07) is 4.80. The van der Waals surface area contributed by atoms with Crippen molar-refractivity contribution in [3.05, 3.63) is 35.4 Å². The number of halogens is 3. The lowest BCUT2D eigenvalue weighted by Gasteiger charge is -2.09. The topological polar surface area (TPSA) is 79.8 Å². The van der Waals surface area contributed by atoms with Gasteiger partial charge in [0, 0.05) is 19.2 Å². The van der Waals surface area contributed by atoms with Gasteiger partial charge in [-0.25, -0.2) is 5.43 Å². The molecule has 0 heterocycles. The maximum Gasteiger partial charge on any atom is 0.417 e. The second kappa shape index (κ2) is 8.89. The SMILES string of the molecule is COCCNC(=O)CC(=O)N/N=C\c1ccccc1C(F)(F)F. The van der Waals surface area contributed by atoms with Crippen LogP contribution in [0.15, 0.2) is 29.4 Å². The average Bonchev–Trinajstić information content (AvgIpc) is 2.47. The summed E-state index contributed by atoms with van der Waals surface area (Å²) < 4.78 is 42.9. The lowest BCUT2D eigenvalue weighted by Crippen LogP contribution is -2.31. The highest BCUT2D eigenvalue weighted by Crippen LogP contribution is 2.30. The highest BCUT2D eigenvalue weighted by molar-refractivity contribution is 5.97. The van der Waals surface area contributed by atoms with Crippen LogP contribution in [0.3, 0.4) is 0 Å². The number of rotatable bonds is 7. The number of nitrogens with one attached hydrogen (secondary N) is 2. The molecular formula is C14H16F3N3O3. The zero-order valence-electron chi connectivity index (χ0n) is 12.3. The minimum Gasteiger partial charge on any atom is -0.383 e. The molecule has 2 amide bonds. The van der Waals surface area contributed by atoms with Crippen LogP contribution < -0.4 is 10.7 Å². The standard InChI is InChI=1S/C14H16F3N3O3/c1-23-7-6-18-12(21)8-13(22)20-19-9-10-4-2-3-5-11(10)14(15,16)17/h2-5,9H,6-8H2,1H3,(H,18,21)(H,20,22)/b19-9-. The molecule has 1 rings (SSSR count). The first kappa shape index (κ1) is 18.6. The number of hydrogen-bond acceptors (Lipinski definition) is 4. The molecule has 0 aliphatic carbocycles. The highest BCUT2D eigenvalue weighted by atomic mass is 19.4. The summed E-state index contributed by atoms with van der Waals surface area (Å²) >= 11 is 0. The van der Waals surface area contributed by atoms with Crippen LogP contribution in [0.25, 0.3) is 0 Å². The predicted molar refractivity (Wildman–Crippen MR) is 76.7 cm³/mol. The summed E-state index contributed by atoms with van der Waals surface area (Å²) in [4.78, 5) is 22.7. The fourth-order valence-corrected chi connectivity index (χ4v) is 1.58. The molecule has 6 nitrogen and oxygen atoms in total. The van der Waals surface area contributed by atoms with E-state index in [0.717, 1.165) is 12.3 Å². The number of nitrogens with zero attached hydrogens (tertiary/aromatic N) is 1. The predicted octanol–water partition coefficient (Wildman–Crippen LogP) is 1.31. The number of hydrazone groups is 1. The number of amides is 2. The Bertz CT molecular complexity index is 574. The summed E-state index contributed by atoms with van der Waals surface area (Å²) in [5, 5.41) is 5.86. The number of benzene rings is 1. The summed E-state index contributed by atoms with van der Waals surface area (Å²) in [6.07, 6.45) is -4.13. The number of alkyl halides is 3. The van der Waals surface area contributed by atoms with Gasteiger partial charge in [-0.05, 0) is 6.07 Å². The van der Waals surface area contributed by atoms with Crippen molar-refractivity contribution in [2.24, 2.45) is 5.10 Å². The van der Waals surface area contributed by atoms with Crippen molar-refractivity contribution in [2.45, 2.75) is 12.6 Å². The van der Waals surface area contributed by atoms with E-state index in [9.17, 15) is 22.8 Å². The fraction of sp³-hybridized carbons (Fsp3) is 0.357. The zero-order chi connectivity index (χ0) is 17.3. The van der Waals surface area contributed by atoms with Gasteiger partial charge in [0.1, 0.15) is 6.42 Å². The summed E-state index contributed by atoms with van der Waals surface area (Å²) in [5.74, 6) is -1.27. The molecule has 126 valence electrons. The molecule has 0 aromatic heterocycles. The van der Waals surface area contributed by atoms with Crippen LogP contribution in [-0.4, -0.2) is 38.3 Å². The maximum absolute atomic E-state index is 12.7. The first-order chi connectivity index (χ1) is 10.8. The summed E-state index contributed by atoms with van der Waals surface area (Å²) in [6.45, 7) is 0.560. The van der Waals surface area contributed by atoms with Crippen LogP contribution in [0.2, 0.25) is 0 Å². The molecule has 1 aromatic rings. The van der Waals surface area contributed by atoms with Crippen LogP contribution in [-0.2, 0) is 20.5 Å². The van der Waals surface area contributed by atoms with Crippen molar-refractivity contribution in [3.8, 4) is 0 Å². The Hall–Kier alpha value is -2.42. The molecule has 23 heavy (non-hydrogen) atoms. The van der Waals surface area contributed by atoms with Crippen molar-refractivity contribution in [1.82, 2.24) is 10.7 Å². The van der Waals surface area contributed by atoms with Crippen molar-refractivity contribution in [2.75, 3.05) is 20.3 Å². The van der Waals surface area contributed by atoms with Gasteiger partial charge in [-0.1, -0.05) is 18.2 Å². The van der Waals surface area contributed by atoms with E-state index in [2.05, 4.69) is 10.4 Å². The van der Waals surface area contributed by atoms with Crippen LogP contribution >= 0.6 is 0 Å². The lowest BCUT2D eigenvalue weighted by atomic mass is 10.1. The molecule has 0 atom stereocenters. The van der Waals surface area contributed by atoms with Gasteiger partial charge in [0.25, 0.3) is 0 Å². The third-order valence-electron chi connectivity index (χ3n) is 2.61. The molecule has 0 radical (unpaired) electrons. The Morgan fingerprint density at radius 3 is 2.61 bits per heavy atom. The van der Waals surface area contributed by atoms with Gasteiger partial charge >= 0.3 is 6.18 Å². The molecule has 0 saturated heterocycles. The van der Waals surface area contributed by atoms with Crippen LogP contribution in [0.5, 0.6) is 0 Å². The van der Waals surface area contributed by atoms with Gasteiger partial charge in [0.2, 0.25) is 11.8 Å². The van der Waals surface area contributed by atoms with Crippen molar-refractivity contribution in [1.29, 1.82) is 0 Å². The third kappa shape index (κ3) is 6.92. The van der Waals surface area contributed by atoms with Crippen LogP contribution in [0.1, 0.15) is 17.5 Å². The second-order valence-corrected chi connectivity index (χ2v) is 4.40. The first-order valence-corrected chi connectivity index (χ1v) is 6.58. The normalized spacial score (nSPS) is 11.5. The van der Waals surface area contributed by atoms with Crippen LogP contribution in [0.4, 0.5) is 13.2 Å². The number of ether oxygens (including phenoxy) is 1. The van der Waals surface area contributed by atoms with E-state index in [1.54, 1.807) is 0 Å². The maximum atomic E-state index is 12.7. The molecule has 0 aliphatic heterocycles. The van der Waals surface area contributed by atoms with Crippen molar-refractivity contribution < 1.29 is 27.5 Å². The molecule has 0 fully saturated rings. The minimum atomic E-state index is -4.52. The average molecular weight is 331 g/mol. The van der Waals surface area contributed by atoms with Crippen molar-refractivity contribution >= 4 is 18.0 Å². The molecule has 9 heteroatoms. The lowest BCUT2D eigenvalue weighted by molar-refractivity contribution is -0.137. The Morgan fingerprint density at radius 1 is 1.26 bits per heavy atom. The van der Waals surface area contributed by atoms with Gasteiger partial charge in [-0.3, -0.25) is 9.59 Å². The van der Waals surface area contributed by atoms with Gasteiger partial charge in [-0.15, -0.1) is 0 Å². The third-order valence-corrected chi connectivity index (χ3v) is 2.61. The molecular weight excluding hydrogens is 315 g/mol. The molecule has 0 bridgehead atoms. The molecule has 0 aliphatic rings. The number of carbonyl (C=O) groups is 2. The summed E-state index contributed by atoms with van der Waals surface area (Å²) in [7, 11) is 1.46. The van der Waals surface area contributed by atoms with Crippen LogP contribution in [0, 0.1) is 0 Å². The van der Waals surface area contributed by atoms with E-state index in [1.807, 2.05) is 5.43 Å². The monoisotopic (exact) mass is 331 g/mol. The quantitative estimate of drug-likeness (QED) is 0.342. The van der Waals surface area contributed by atoms with E-state index < -0.39 is 30.0 Å². The molecule has 0 saturated carbocycles. The molecule has 2 N–H and O–H groups in total. The largest absolute Gasteiger partial charge is 0.417 e. The smallest absolute Gasteiger partial charge is 0.383 e. The Morgan fingerprint density at radius 2 is 1.96 bits per heavy atom. The minimum absolute atomic E-state index is 0.190. The van der Waals surface area contributed by atoms with E-state index >= 15 is 0 Å². The first-order valence-electron chi connectivity index (χ1n) is 6.58. The van der Waals surface area contributed by atoms with Gasteiger partial charge < -0.3 is 10.1 Å². The van der Waals surface area contributed by atoms with Gasteiger partial charge in [-0.2, -0.15) is 18.3 Å². The zero-order valence-corrected chi connectivity index (χ0v) is 12.3. The summed E-state index contributed by atoms with van der Waals surface area (Å²) in [5.41, 5.74) is 0.947. The van der Waals surface area contributed by atoms with E-state index in [1.165, 1.54) is 25.3 Å². The van der Waals surface area contributed by atoms with E-state index in [-0.39, 0.29) is 12.1 Å². The second-order valence-electron chi connectivity index (χ2n) is 4.40. The number of hydrogen-bond donors (Lipinski definition) is 2. The number of methoxy groups -OCH3 is 1. The van der Waals surface area contributed by atoms with Gasteiger partial charge in [0.05, 0.1) is 18.4 Å². The number of carbonyl (C=O) groups excluding carboxylic acids is 2.